The molecule has 4 amide bonds. The molecule has 1 aliphatic heterocycles. The molecule has 3 aromatic rings. The zero-order valence-electron chi connectivity index (χ0n) is 17.8. The van der Waals surface area contributed by atoms with Gasteiger partial charge in [-0.05, 0) is 37.1 Å². The molecule has 32 heavy (non-hydrogen) atoms. The molecule has 2 heterocycles. The number of urea groups is 1. The summed E-state index contributed by atoms with van der Waals surface area (Å²) in [6.07, 6.45) is 4.22. The third kappa shape index (κ3) is 3.35. The summed E-state index contributed by atoms with van der Waals surface area (Å²) >= 11 is 1.55. The Balaban J connectivity index is 1.36. The first-order chi connectivity index (χ1) is 15.5. The lowest BCUT2D eigenvalue weighted by molar-refractivity contribution is -0.136. The standard InChI is InChI=1S/C24H24N4O3S/c1-27-23(31)28(22(30)24(27)13-7-2-8-14-24)15-20(29)25-17-10-4-3-9-16(17)21-26-18-11-5-6-12-19(18)32-21/h3-6,9-12H,2,7-8,13-15H2,1H3,(H,25,29). The number of carbonyl (C=O) groups excluding carboxylic acids is 3. The van der Waals surface area contributed by atoms with Crippen LogP contribution in [-0.2, 0) is 9.59 Å². The zero-order chi connectivity index (χ0) is 22.3. The van der Waals surface area contributed by atoms with Gasteiger partial charge in [-0.15, -0.1) is 11.3 Å². The second kappa shape index (κ2) is 8.02. The first kappa shape index (κ1) is 20.6. The van der Waals surface area contributed by atoms with Crippen molar-refractivity contribution < 1.29 is 14.4 Å². The molecule has 2 fully saturated rings. The predicted molar refractivity (Wildman–Crippen MR) is 124 cm³/mol. The van der Waals surface area contributed by atoms with Crippen molar-refractivity contribution in [3.8, 4) is 10.6 Å². The highest BCUT2D eigenvalue weighted by Gasteiger charge is 2.55. The molecule has 0 unspecified atom stereocenters. The van der Waals surface area contributed by atoms with Gasteiger partial charge in [0.25, 0.3) is 5.91 Å². The first-order valence-electron chi connectivity index (χ1n) is 10.8. The van der Waals surface area contributed by atoms with Crippen molar-refractivity contribution in [1.82, 2.24) is 14.8 Å². The lowest BCUT2D eigenvalue weighted by Crippen LogP contribution is -2.49. The number of nitrogens with one attached hydrogen (secondary N) is 1. The van der Waals surface area contributed by atoms with E-state index in [0.29, 0.717) is 18.5 Å². The van der Waals surface area contributed by atoms with Crippen LogP contribution >= 0.6 is 11.3 Å². The molecule has 0 atom stereocenters. The van der Waals surface area contributed by atoms with Gasteiger partial charge in [0.05, 0.1) is 15.9 Å². The van der Waals surface area contributed by atoms with E-state index in [-0.39, 0.29) is 12.5 Å². The average molecular weight is 449 g/mol. The molecule has 1 aromatic heterocycles. The fraction of sp³-hybridized carbons (Fsp3) is 0.333. The number of imide groups is 1. The summed E-state index contributed by atoms with van der Waals surface area (Å²) in [5, 5.41) is 3.69. The zero-order valence-corrected chi connectivity index (χ0v) is 18.7. The van der Waals surface area contributed by atoms with Gasteiger partial charge in [0.1, 0.15) is 17.1 Å². The highest BCUT2D eigenvalue weighted by molar-refractivity contribution is 7.21. The Bertz CT molecular complexity index is 1180. The molecular weight excluding hydrogens is 424 g/mol. The minimum absolute atomic E-state index is 0.251. The van der Waals surface area contributed by atoms with Gasteiger partial charge in [0, 0.05) is 12.6 Å². The number of nitrogens with zero attached hydrogens (tertiary/aromatic N) is 3. The molecule has 0 bridgehead atoms. The number of amides is 4. The fourth-order valence-electron chi connectivity index (χ4n) is 4.77. The largest absolute Gasteiger partial charge is 0.327 e. The number of carbonyl (C=O) groups is 3. The molecule has 2 aliphatic rings. The van der Waals surface area contributed by atoms with Gasteiger partial charge in [0.2, 0.25) is 5.91 Å². The molecule has 0 radical (unpaired) electrons. The Morgan fingerprint density at radius 3 is 2.56 bits per heavy atom. The minimum Gasteiger partial charge on any atom is -0.324 e. The van der Waals surface area contributed by atoms with Crippen LogP contribution in [0.1, 0.15) is 32.1 Å². The minimum atomic E-state index is -0.783. The van der Waals surface area contributed by atoms with E-state index in [1.807, 2.05) is 48.5 Å². The van der Waals surface area contributed by atoms with Crippen molar-refractivity contribution in [2.75, 3.05) is 18.9 Å². The number of hydrogen-bond donors (Lipinski definition) is 1. The highest BCUT2D eigenvalue weighted by Crippen LogP contribution is 2.39. The normalized spacial score (nSPS) is 18.0. The van der Waals surface area contributed by atoms with Crippen LogP contribution < -0.4 is 5.32 Å². The van der Waals surface area contributed by atoms with E-state index in [9.17, 15) is 14.4 Å². The number of hydrogen-bond acceptors (Lipinski definition) is 5. The van der Waals surface area contributed by atoms with Crippen molar-refractivity contribution in [2.24, 2.45) is 0 Å². The van der Waals surface area contributed by atoms with Gasteiger partial charge in [-0.2, -0.15) is 0 Å². The van der Waals surface area contributed by atoms with Crippen LogP contribution in [0.3, 0.4) is 0 Å². The number of para-hydroxylation sites is 2. The molecule has 8 heteroatoms. The van der Waals surface area contributed by atoms with Crippen molar-refractivity contribution in [3.63, 3.8) is 0 Å². The molecule has 164 valence electrons. The summed E-state index contributed by atoms with van der Waals surface area (Å²) in [4.78, 5) is 46.2. The van der Waals surface area contributed by atoms with Crippen molar-refractivity contribution >= 4 is 45.1 Å². The van der Waals surface area contributed by atoms with Gasteiger partial charge >= 0.3 is 6.03 Å². The van der Waals surface area contributed by atoms with E-state index in [4.69, 9.17) is 0 Å². The lowest BCUT2D eigenvalue weighted by atomic mass is 9.81. The van der Waals surface area contributed by atoms with Crippen molar-refractivity contribution in [1.29, 1.82) is 0 Å². The Hall–Kier alpha value is -3.26. The Labute approximate surface area is 190 Å². The number of thiazole rings is 1. The highest BCUT2D eigenvalue weighted by atomic mass is 32.1. The van der Waals surface area contributed by atoms with Crippen LogP contribution in [-0.4, -0.2) is 51.8 Å². The number of aromatic nitrogens is 1. The van der Waals surface area contributed by atoms with Crippen LogP contribution in [0.4, 0.5) is 10.5 Å². The molecule has 2 aromatic carbocycles. The summed E-state index contributed by atoms with van der Waals surface area (Å²) in [7, 11) is 1.67. The lowest BCUT2D eigenvalue weighted by Gasteiger charge is -2.35. The quantitative estimate of drug-likeness (QED) is 0.596. The summed E-state index contributed by atoms with van der Waals surface area (Å²) < 4.78 is 1.07. The van der Waals surface area contributed by atoms with Gasteiger partial charge in [-0.1, -0.05) is 43.5 Å². The molecule has 1 spiro atoms. The van der Waals surface area contributed by atoms with Crippen LogP contribution in [0.15, 0.2) is 48.5 Å². The predicted octanol–water partition coefficient (Wildman–Crippen LogP) is 4.50. The van der Waals surface area contributed by atoms with E-state index in [0.717, 1.165) is 45.0 Å². The van der Waals surface area contributed by atoms with Crippen LogP contribution in [0.25, 0.3) is 20.8 Å². The maximum absolute atomic E-state index is 13.2. The maximum Gasteiger partial charge on any atom is 0.327 e. The molecule has 1 saturated carbocycles. The maximum atomic E-state index is 13.2. The van der Waals surface area contributed by atoms with E-state index >= 15 is 0 Å². The molecule has 7 nitrogen and oxygen atoms in total. The van der Waals surface area contributed by atoms with Crippen LogP contribution in [0.5, 0.6) is 0 Å². The first-order valence-corrected chi connectivity index (χ1v) is 11.7. The Kier molecular flexibility index (Phi) is 5.17. The van der Waals surface area contributed by atoms with Gasteiger partial charge < -0.3 is 10.2 Å². The second-order valence-corrected chi connectivity index (χ2v) is 9.44. The third-order valence-corrected chi connectivity index (χ3v) is 7.58. The SMILES string of the molecule is CN1C(=O)N(CC(=O)Nc2ccccc2-c2nc3ccccc3s2)C(=O)C12CCCCC2. The molecule has 1 aliphatic carbocycles. The molecule has 5 rings (SSSR count). The summed E-state index contributed by atoms with van der Waals surface area (Å²) in [6.45, 7) is -0.294. The van der Waals surface area contributed by atoms with Gasteiger partial charge in [-0.3, -0.25) is 14.5 Å². The smallest absolute Gasteiger partial charge is 0.324 e. The van der Waals surface area contributed by atoms with E-state index in [2.05, 4.69) is 10.3 Å². The van der Waals surface area contributed by atoms with E-state index in [1.165, 1.54) is 4.90 Å². The Morgan fingerprint density at radius 1 is 1.06 bits per heavy atom. The number of rotatable bonds is 4. The second-order valence-electron chi connectivity index (χ2n) is 8.41. The average Bonchev–Trinajstić information content (AvgIpc) is 3.31. The third-order valence-electron chi connectivity index (χ3n) is 6.51. The number of anilines is 1. The Morgan fingerprint density at radius 2 is 1.78 bits per heavy atom. The monoisotopic (exact) mass is 448 g/mol. The fourth-order valence-corrected chi connectivity index (χ4v) is 5.78. The van der Waals surface area contributed by atoms with Gasteiger partial charge in [-0.25, -0.2) is 9.78 Å². The summed E-state index contributed by atoms with van der Waals surface area (Å²) in [5.41, 5.74) is 1.54. The topological polar surface area (TPSA) is 82.6 Å². The van der Waals surface area contributed by atoms with Crippen LogP contribution in [0.2, 0.25) is 0 Å². The number of likely N-dealkylation sites (N-methyl/N-ethyl adjacent to an activating group) is 1. The van der Waals surface area contributed by atoms with Crippen molar-refractivity contribution in [2.45, 2.75) is 37.6 Å². The van der Waals surface area contributed by atoms with E-state index in [1.54, 1.807) is 18.4 Å². The summed E-state index contributed by atoms with van der Waals surface area (Å²) in [5.74, 6) is -0.652. The number of benzene rings is 2. The molecular formula is C24H24N4O3S. The molecule has 1 N–H and O–H groups in total. The van der Waals surface area contributed by atoms with Crippen LogP contribution in [0, 0.1) is 0 Å². The number of fused-ring (bicyclic) bond motifs is 1. The van der Waals surface area contributed by atoms with Crippen molar-refractivity contribution in [3.05, 3.63) is 48.5 Å². The van der Waals surface area contributed by atoms with E-state index < -0.39 is 17.5 Å². The summed E-state index contributed by atoms with van der Waals surface area (Å²) in [6, 6.07) is 14.9. The molecule has 1 saturated heterocycles. The van der Waals surface area contributed by atoms with Gasteiger partial charge in [0.15, 0.2) is 0 Å².